The fourth-order valence-electron chi connectivity index (χ4n) is 4.31. The molecule has 7 heteroatoms. The summed E-state index contributed by atoms with van der Waals surface area (Å²) in [5, 5.41) is 0.423. The zero-order valence-corrected chi connectivity index (χ0v) is 18.1. The number of benzene rings is 1. The molecule has 0 aliphatic carbocycles. The second-order valence-corrected chi connectivity index (χ2v) is 8.77. The molecule has 6 nitrogen and oxygen atoms in total. The molecule has 3 amide bonds. The van der Waals surface area contributed by atoms with Crippen LogP contribution in [-0.4, -0.2) is 72.7 Å². The van der Waals surface area contributed by atoms with E-state index in [9.17, 15) is 14.4 Å². The molecule has 1 atom stereocenters. The van der Waals surface area contributed by atoms with E-state index in [2.05, 4.69) is 0 Å². The van der Waals surface area contributed by atoms with Crippen LogP contribution >= 0.6 is 11.6 Å². The summed E-state index contributed by atoms with van der Waals surface area (Å²) in [6.45, 7) is 2.32. The molecule has 0 bridgehead atoms. The number of hydrogen-bond donors (Lipinski definition) is 0. The van der Waals surface area contributed by atoms with Gasteiger partial charge in [0.2, 0.25) is 17.7 Å². The average molecular weight is 420 g/mol. The van der Waals surface area contributed by atoms with Gasteiger partial charge in [0.15, 0.2) is 0 Å². The number of hydrogen-bond acceptors (Lipinski definition) is 4. The Kier molecular flexibility index (Phi) is 6.96. The first-order chi connectivity index (χ1) is 13.8. The fourth-order valence-corrected chi connectivity index (χ4v) is 4.63. The van der Waals surface area contributed by atoms with Gasteiger partial charge in [-0.15, -0.1) is 0 Å². The number of rotatable bonds is 6. The minimum Gasteiger partial charge on any atom is -0.343 e. The third kappa shape index (κ3) is 4.64. The van der Waals surface area contributed by atoms with Gasteiger partial charge in [0.05, 0.1) is 5.41 Å². The van der Waals surface area contributed by atoms with Crippen molar-refractivity contribution in [3.8, 4) is 0 Å². The Labute approximate surface area is 177 Å². The Hall–Kier alpha value is -1.92. The van der Waals surface area contributed by atoms with Crippen molar-refractivity contribution in [2.24, 2.45) is 0 Å². The van der Waals surface area contributed by atoms with Crippen LogP contribution < -0.4 is 0 Å². The summed E-state index contributed by atoms with van der Waals surface area (Å²) in [5.41, 5.74) is -0.638. The minimum atomic E-state index is -1.22. The van der Waals surface area contributed by atoms with Gasteiger partial charge in [0.1, 0.15) is 0 Å². The maximum absolute atomic E-state index is 13.5. The zero-order chi connectivity index (χ0) is 21.0. The molecular formula is C22H30ClN3O3. The van der Waals surface area contributed by atoms with E-state index in [1.54, 1.807) is 24.3 Å². The molecule has 1 aromatic rings. The number of likely N-dealkylation sites (tertiary alicyclic amines) is 2. The Morgan fingerprint density at radius 2 is 1.76 bits per heavy atom. The zero-order valence-electron chi connectivity index (χ0n) is 17.3. The van der Waals surface area contributed by atoms with E-state index in [1.165, 1.54) is 4.90 Å². The van der Waals surface area contributed by atoms with Gasteiger partial charge in [-0.25, -0.2) is 0 Å². The van der Waals surface area contributed by atoms with Crippen molar-refractivity contribution >= 4 is 29.3 Å². The second kappa shape index (κ2) is 9.26. The molecule has 0 radical (unpaired) electrons. The predicted octanol–water partition coefficient (Wildman–Crippen LogP) is 2.69. The molecule has 2 aliphatic heterocycles. The first-order valence-corrected chi connectivity index (χ1v) is 10.8. The normalized spacial score (nSPS) is 23.0. The van der Waals surface area contributed by atoms with Crippen molar-refractivity contribution in [3.05, 3.63) is 34.9 Å². The molecule has 2 saturated heterocycles. The van der Waals surface area contributed by atoms with Gasteiger partial charge in [-0.3, -0.25) is 19.3 Å². The maximum atomic E-state index is 13.5. The predicted molar refractivity (Wildman–Crippen MR) is 113 cm³/mol. The van der Waals surface area contributed by atoms with Crippen molar-refractivity contribution in [3.63, 3.8) is 0 Å². The minimum absolute atomic E-state index is 0.0113. The lowest BCUT2D eigenvalue weighted by atomic mass is 9.75. The molecule has 29 heavy (non-hydrogen) atoms. The fraction of sp³-hybridized carbons (Fsp3) is 0.591. The lowest BCUT2D eigenvalue weighted by Crippen LogP contribution is -2.45. The number of nitrogens with zero attached hydrogens (tertiary/aromatic N) is 3. The number of amides is 3. The highest BCUT2D eigenvalue weighted by atomic mass is 35.5. The molecule has 0 unspecified atom stereocenters. The van der Waals surface area contributed by atoms with Crippen molar-refractivity contribution in [2.45, 2.75) is 43.9 Å². The third-order valence-electron chi connectivity index (χ3n) is 5.98. The highest BCUT2D eigenvalue weighted by Gasteiger charge is 2.54. The second-order valence-electron chi connectivity index (χ2n) is 8.36. The number of likely N-dealkylation sites (N-methyl/N-ethyl adjacent to an activating group) is 1. The van der Waals surface area contributed by atoms with Crippen LogP contribution in [0.15, 0.2) is 24.3 Å². The van der Waals surface area contributed by atoms with Crippen LogP contribution in [0.1, 0.15) is 44.1 Å². The van der Waals surface area contributed by atoms with Crippen LogP contribution in [0.5, 0.6) is 0 Å². The smallest absolute Gasteiger partial charge is 0.240 e. The summed E-state index contributed by atoms with van der Waals surface area (Å²) in [6, 6.07) is 7.09. The molecule has 0 saturated carbocycles. The van der Waals surface area contributed by atoms with Gasteiger partial charge in [-0.1, -0.05) is 42.6 Å². The maximum Gasteiger partial charge on any atom is 0.240 e. The summed E-state index contributed by atoms with van der Waals surface area (Å²) in [7, 11) is 3.80. The summed E-state index contributed by atoms with van der Waals surface area (Å²) in [4.78, 5) is 44.7. The number of imide groups is 1. The lowest BCUT2D eigenvalue weighted by molar-refractivity contribution is -0.142. The molecular weight excluding hydrogens is 390 g/mol. The van der Waals surface area contributed by atoms with Crippen molar-refractivity contribution in [2.75, 3.05) is 40.3 Å². The molecule has 0 spiro atoms. The third-order valence-corrected chi connectivity index (χ3v) is 6.31. The number of carbonyl (C=O) groups is 3. The summed E-state index contributed by atoms with van der Waals surface area (Å²) >= 11 is 6.46. The van der Waals surface area contributed by atoms with E-state index in [1.807, 2.05) is 23.9 Å². The van der Waals surface area contributed by atoms with Crippen LogP contribution in [0.2, 0.25) is 5.02 Å². The van der Waals surface area contributed by atoms with Crippen LogP contribution in [-0.2, 0) is 19.8 Å². The molecule has 0 N–H and O–H groups in total. The largest absolute Gasteiger partial charge is 0.343 e. The van der Waals surface area contributed by atoms with Crippen molar-refractivity contribution in [1.82, 2.24) is 14.7 Å². The van der Waals surface area contributed by atoms with Gasteiger partial charge in [-0.05, 0) is 38.6 Å². The van der Waals surface area contributed by atoms with Gasteiger partial charge in [0.25, 0.3) is 0 Å². The quantitative estimate of drug-likeness (QED) is 0.665. The first-order valence-electron chi connectivity index (χ1n) is 10.4. The van der Waals surface area contributed by atoms with Crippen LogP contribution in [0, 0.1) is 0 Å². The summed E-state index contributed by atoms with van der Waals surface area (Å²) < 4.78 is 0. The van der Waals surface area contributed by atoms with E-state index in [-0.39, 0.29) is 30.6 Å². The number of carbonyl (C=O) groups excluding carboxylic acids is 3. The van der Waals surface area contributed by atoms with Crippen LogP contribution in [0.3, 0.4) is 0 Å². The van der Waals surface area contributed by atoms with Gasteiger partial charge in [0, 0.05) is 44.0 Å². The molecule has 1 aromatic carbocycles. The van der Waals surface area contributed by atoms with E-state index in [4.69, 9.17) is 11.6 Å². The molecule has 2 aliphatic rings. The highest BCUT2D eigenvalue weighted by Crippen LogP contribution is 2.43. The van der Waals surface area contributed by atoms with Gasteiger partial charge >= 0.3 is 0 Å². The van der Waals surface area contributed by atoms with Crippen molar-refractivity contribution < 1.29 is 14.4 Å². The summed E-state index contributed by atoms with van der Waals surface area (Å²) in [6.07, 6.45) is 4.17. The van der Waals surface area contributed by atoms with Crippen LogP contribution in [0.4, 0.5) is 0 Å². The molecule has 3 rings (SSSR count). The summed E-state index contributed by atoms with van der Waals surface area (Å²) in [5.74, 6) is -0.608. The molecule has 158 valence electrons. The standard InChI is InChI=1S/C22H30ClN3O3/c1-24(2)13-14-26-20(28)16-22(21(26)29,17-9-5-6-10-18(17)23)15-19(27)25-11-7-3-4-8-12-25/h5-6,9-10H,3-4,7-8,11-16H2,1-2H3/t22-/m0/s1. The van der Waals surface area contributed by atoms with E-state index in [0.717, 1.165) is 25.7 Å². The average Bonchev–Trinajstić information content (AvgIpc) is 2.87. The Morgan fingerprint density at radius 3 is 2.38 bits per heavy atom. The van der Waals surface area contributed by atoms with E-state index < -0.39 is 5.41 Å². The highest BCUT2D eigenvalue weighted by molar-refractivity contribution is 6.32. The monoisotopic (exact) mass is 419 g/mol. The Morgan fingerprint density at radius 1 is 1.10 bits per heavy atom. The van der Waals surface area contributed by atoms with Gasteiger partial charge in [-0.2, -0.15) is 0 Å². The number of halogens is 1. The van der Waals surface area contributed by atoms with E-state index >= 15 is 0 Å². The SMILES string of the molecule is CN(C)CCN1C(=O)C[C@@](CC(=O)N2CCCCCC2)(c2ccccc2Cl)C1=O. The first kappa shape index (κ1) is 21.8. The Bertz CT molecular complexity index is 774. The molecule has 0 aromatic heterocycles. The van der Waals surface area contributed by atoms with Gasteiger partial charge < -0.3 is 9.80 Å². The van der Waals surface area contributed by atoms with E-state index in [0.29, 0.717) is 36.8 Å². The molecule has 2 heterocycles. The topological polar surface area (TPSA) is 60.9 Å². The van der Waals surface area contributed by atoms with Crippen molar-refractivity contribution in [1.29, 1.82) is 0 Å². The van der Waals surface area contributed by atoms with Crippen LogP contribution in [0.25, 0.3) is 0 Å². The molecule has 2 fully saturated rings. The lowest BCUT2D eigenvalue weighted by Gasteiger charge is -2.31. The Balaban J connectivity index is 1.93.